The van der Waals surface area contributed by atoms with Gasteiger partial charge in [0.05, 0.1) is 6.20 Å². The molecule has 1 saturated heterocycles. The van der Waals surface area contributed by atoms with Gasteiger partial charge in [0, 0.05) is 19.1 Å². The average Bonchev–Trinajstić information content (AvgIpc) is 2.50. The second-order valence-corrected chi connectivity index (χ2v) is 4.99. The van der Waals surface area contributed by atoms with Crippen LogP contribution in [0.3, 0.4) is 0 Å². The highest BCUT2D eigenvalue weighted by Crippen LogP contribution is 2.23. The molecule has 5 nitrogen and oxygen atoms in total. The van der Waals surface area contributed by atoms with Crippen LogP contribution in [0.1, 0.15) is 23.7 Å². The number of carboxylic acid groups (broad SMARTS) is 1. The molecule has 0 amide bonds. The monoisotopic (exact) mass is 267 g/mol. The fourth-order valence-electron chi connectivity index (χ4n) is 2.51. The summed E-state index contributed by atoms with van der Waals surface area (Å²) < 4.78 is 13.2. The number of halogens is 1. The van der Waals surface area contributed by atoms with Crippen LogP contribution < -0.4 is 4.90 Å². The Kier molecular flexibility index (Phi) is 3.99. The number of rotatable bonds is 2. The molecular formula is C13H18FN3O2. The first-order valence-electron chi connectivity index (χ1n) is 6.33. The maximum absolute atomic E-state index is 13.2. The van der Waals surface area contributed by atoms with Crippen molar-refractivity contribution in [2.75, 3.05) is 31.6 Å². The van der Waals surface area contributed by atoms with Crippen LogP contribution in [0.2, 0.25) is 0 Å². The summed E-state index contributed by atoms with van der Waals surface area (Å²) in [4.78, 5) is 19.4. The van der Waals surface area contributed by atoms with Crippen LogP contribution in [-0.2, 0) is 0 Å². The van der Waals surface area contributed by atoms with E-state index in [2.05, 4.69) is 9.88 Å². The van der Waals surface area contributed by atoms with Gasteiger partial charge in [-0.1, -0.05) is 0 Å². The molecule has 0 radical (unpaired) electrons. The zero-order chi connectivity index (χ0) is 14.0. The van der Waals surface area contributed by atoms with Gasteiger partial charge < -0.3 is 14.9 Å². The van der Waals surface area contributed by atoms with Gasteiger partial charge in [0.1, 0.15) is 17.2 Å². The highest BCUT2D eigenvalue weighted by molar-refractivity contribution is 5.93. The quantitative estimate of drug-likeness (QED) is 0.879. The Bertz CT molecular complexity index is 481. The summed E-state index contributed by atoms with van der Waals surface area (Å²) in [5.74, 6) is -1.41. The van der Waals surface area contributed by atoms with Crippen molar-refractivity contribution in [3.8, 4) is 0 Å². The van der Waals surface area contributed by atoms with E-state index < -0.39 is 11.8 Å². The van der Waals surface area contributed by atoms with Crippen LogP contribution in [0.15, 0.2) is 12.3 Å². The molecule has 0 bridgehead atoms. The molecule has 0 saturated carbocycles. The molecule has 104 valence electrons. The molecule has 1 aliphatic rings. The molecule has 2 rings (SSSR count). The number of hydrogen-bond donors (Lipinski definition) is 1. The number of aromatic nitrogens is 1. The third-order valence-electron chi connectivity index (χ3n) is 3.38. The molecule has 2 heterocycles. The fourth-order valence-corrected chi connectivity index (χ4v) is 2.51. The summed E-state index contributed by atoms with van der Waals surface area (Å²) in [6.45, 7) is 4.55. The Balaban J connectivity index is 2.37. The number of aromatic carboxylic acids is 1. The molecule has 1 fully saturated rings. The number of carboxylic acids is 1. The van der Waals surface area contributed by atoms with E-state index in [1.165, 1.54) is 0 Å². The molecule has 1 aliphatic heterocycles. The molecule has 1 aromatic heterocycles. The van der Waals surface area contributed by atoms with Crippen molar-refractivity contribution in [2.45, 2.75) is 19.4 Å². The fraction of sp³-hybridized carbons (Fsp3) is 0.538. The summed E-state index contributed by atoms with van der Waals surface area (Å²) in [5.41, 5.74) is -0.0728. The smallest absolute Gasteiger partial charge is 0.339 e. The summed E-state index contributed by atoms with van der Waals surface area (Å²) in [6.07, 6.45) is 2.00. The Hall–Kier alpha value is -1.69. The van der Waals surface area contributed by atoms with Crippen molar-refractivity contribution in [1.82, 2.24) is 9.88 Å². The van der Waals surface area contributed by atoms with Crippen LogP contribution in [0.4, 0.5) is 10.2 Å². The summed E-state index contributed by atoms with van der Waals surface area (Å²) in [5, 5.41) is 9.19. The number of likely N-dealkylation sites (N-methyl/N-ethyl adjacent to an activating group) is 1. The number of hydrogen-bond acceptors (Lipinski definition) is 4. The standard InChI is InChI=1S/C13H18FN3O2/c1-9-8-16(2)4-3-5-17(9)12-11(13(18)19)6-10(14)7-15-12/h6-7,9H,3-5,8H2,1-2H3,(H,18,19). The third-order valence-corrected chi connectivity index (χ3v) is 3.38. The molecule has 0 aliphatic carbocycles. The van der Waals surface area contributed by atoms with Crippen LogP contribution >= 0.6 is 0 Å². The normalized spacial score (nSPS) is 21.2. The Morgan fingerprint density at radius 3 is 2.95 bits per heavy atom. The molecule has 19 heavy (non-hydrogen) atoms. The summed E-state index contributed by atoms with van der Waals surface area (Å²) >= 11 is 0. The van der Waals surface area contributed by atoms with Gasteiger partial charge in [0.2, 0.25) is 0 Å². The van der Waals surface area contributed by atoms with Crippen molar-refractivity contribution in [3.05, 3.63) is 23.6 Å². The van der Waals surface area contributed by atoms with Crippen LogP contribution in [0.5, 0.6) is 0 Å². The van der Waals surface area contributed by atoms with Crippen LogP contribution in [0, 0.1) is 5.82 Å². The van der Waals surface area contributed by atoms with Crippen molar-refractivity contribution < 1.29 is 14.3 Å². The van der Waals surface area contributed by atoms with Crippen molar-refractivity contribution in [3.63, 3.8) is 0 Å². The van der Waals surface area contributed by atoms with Gasteiger partial charge in [0.25, 0.3) is 0 Å². The number of carbonyl (C=O) groups is 1. The maximum Gasteiger partial charge on any atom is 0.339 e. The lowest BCUT2D eigenvalue weighted by atomic mass is 10.2. The molecule has 6 heteroatoms. The van der Waals surface area contributed by atoms with E-state index >= 15 is 0 Å². The minimum Gasteiger partial charge on any atom is -0.478 e. The van der Waals surface area contributed by atoms with Gasteiger partial charge in [-0.05, 0) is 33.0 Å². The van der Waals surface area contributed by atoms with Crippen LogP contribution in [0.25, 0.3) is 0 Å². The lowest BCUT2D eigenvalue weighted by Crippen LogP contribution is -2.39. The second-order valence-electron chi connectivity index (χ2n) is 4.99. The largest absolute Gasteiger partial charge is 0.478 e. The van der Waals surface area contributed by atoms with Crippen molar-refractivity contribution in [2.24, 2.45) is 0 Å². The van der Waals surface area contributed by atoms with E-state index in [4.69, 9.17) is 0 Å². The van der Waals surface area contributed by atoms with Crippen molar-refractivity contribution in [1.29, 1.82) is 0 Å². The Labute approximate surface area is 111 Å². The van der Waals surface area contributed by atoms with E-state index in [1.807, 2.05) is 18.9 Å². The maximum atomic E-state index is 13.2. The van der Waals surface area contributed by atoms with Gasteiger partial charge in [-0.3, -0.25) is 0 Å². The first kappa shape index (κ1) is 13.7. The highest BCUT2D eigenvalue weighted by atomic mass is 19.1. The lowest BCUT2D eigenvalue weighted by Gasteiger charge is -2.30. The molecular weight excluding hydrogens is 249 g/mol. The van der Waals surface area contributed by atoms with Gasteiger partial charge in [-0.2, -0.15) is 0 Å². The Morgan fingerprint density at radius 2 is 2.26 bits per heavy atom. The molecule has 1 atom stereocenters. The predicted octanol–water partition coefficient (Wildman–Crippen LogP) is 1.45. The van der Waals surface area contributed by atoms with Gasteiger partial charge >= 0.3 is 5.97 Å². The highest BCUT2D eigenvalue weighted by Gasteiger charge is 2.25. The molecule has 1 N–H and O–H groups in total. The van der Waals surface area contributed by atoms with E-state index in [1.54, 1.807) is 0 Å². The Morgan fingerprint density at radius 1 is 1.53 bits per heavy atom. The summed E-state index contributed by atoms with van der Waals surface area (Å²) in [6, 6.07) is 1.18. The average molecular weight is 267 g/mol. The zero-order valence-electron chi connectivity index (χ0n) is 11.1. The van der Waals surface area contributed by atoms with E-state index in [9.17, 15) is 14.3 Å². The number of anilines is 1. The minimum absolute atomic E-state index is 0.0728. The summed E-state index contributed by atoms with van der Waals surface area (Å²) in [7, 11) is 2.04. The van der Waals surface area contributed by atoms with Gasteiger partial charge in [-0.15, -0.1) is 0 Å². The van der Waals surface area contributed by atoms with E-state index in [0.717, 1.165) is 38.3 Å². The predicted molar refractivity (Wildman–Crippen MR) is 70.1 cm³/mol. The van der Waals surface area contributed by atoms with E-state index in [0.29, 0.717) is 5.82 Å². The number of pyridine rings is 1. The second kappa shape index (κ2) is 5.52. The van der Waals surface area contributed by atoms with E-state index in [-0.39, 0.29) is 11.6 Å². The number of nitrogens with zero attached hydrogens (tertiary/aromatic N) is 3. The third kappa shape index (κ3) is 3.01. The molecule has 0 aromatic carbocycles. The van der Waals surface area contributed by atoms with Crippen LogP contribution in [-0.4, -0.2) is 53.7 Å². The molecule has 0 spiro atoms. The van der Waals surface area contributed by atoms with Gasteiger partial charge in [0.15, 0.2) is 0 Å². The SMILES string of the molecule is CC1CN(C)CCCN1c1ncc(F)cc1C(=O)O. The first-order valence-corrected chi connectivity index (χ1v) is 6.33. The molecule has 1 aromatic rings. The first-order chi connectivity index (χ1) is 8.99. The van der Waals surface area contributed by atoms with Gasteiger partial charge in [-0.25, -0.2) is 14.2 Å². The molecule has 1 unspecified atom stereocenters. The zero-order valence-corrected chi connectivity index (χ0v) is 11.1. The lowest BCUT2D eigenvalue weighted by molar-refractivity contribution is 0.0696. The minimum atomic E-state index is -1.15. The topological polar surface area (TPSA) is 56.7 Å². The van der Waals surface area contributed by atoms with Crippen molar-refractivity contribution >= 4 is 11.8 Å².